The van der Waals surface area contributed by atoms with Crippen molar-refractivity contribution in [1.82, 2.24) is 19.6 Å². The maximum absolute atomic E-state index is 11.8. The molecule has 1 aromatic carbocycles. The number of anilines is 1. The lowest BCUT2D eigenvalue weighted by molar-refractivity contribution is -0.118. The second-order valence-corrected chi connectivity index (χ2v) is 4.65. The van der Waals surface area contributed by atoms with Gasteiger partial charge in [-0.1, -0.05) is 30.3 Å². The summed E-state index contributed by atoms with van der Waals surface area (Å²) in [5.41, 5.74) is 7.07. The number of nitrogens with two attached hydrogens (primary N) is 1. The molecule has 106 valence electrons. The third kappa shape index (κ3) is 2.53. The Bertz CT molecular complexity index is 783. The van der Waals surface area contributed by atoms with Crippen molar-refractivity contribution in [2.45, 2.75) is 13.0 Å². The van der Waals surface area contributed by atoms with Crippen molar-refractivity contribution in [2.24, 2.45) is 5.73 Å². The molecule has 2 aromatic heterocycles. The number of carbonyl (C=O) groups excluding carboxylic acids is 1. The molecule has 0 bridgehead atoms. The number of hydrogen-bond acceptors (Lipinski definition) is 5. The summed E-state index contributed by atoms with van der Waals surface area (Å²) >= 11 is 0. The predicted octanol–water partition coefficient (Wildman–Crippen LogP) is 1.07. The van der Waals surface area contributed by atoms with Crippen LogP contribution in [0.5, 0.6) is 0 Å². The fraction of sp³-hybridized carbons (Fsp3) is 0.143. The molecule has 3 rings (SSSR count). The summed E-state index contributed by atoms with van der Waals surface area (Å²) in [6.45, 7) is 1.85. The average Bonchev–Trinajstić information content (AvgIpc) is 2.93. The van der Waals surface area contributed by atoms with Crippen LogP contribution in [-0.2, 0) is 4.79 Å². The lowest BCUT2D eigenvalue weighted by atomic mass is 10.1. The van der Waals surface area contributed by atoms with Crippen LogP contribution >= 0.6 is 0 Å². The molecule has 1 amide bonds. The number of primary amides is 1. The third-order valence-corrected chi connectivity index (χ3v) is 3.09. The molecule has 0 aliphatic carbocycles. The highest BCUT2D eigenvalue weighted by Gasteiger charge is 2.19. The molecule has 3 aromatic rings. The zero-order valence-electron chi connectivity index (χ0n) is 11.4. The van der Waals surface area contributed by atoms with Crippen LogP contribution in [0.15, 0.2) is 42.7 Å². The van der Waals surface area contributed by atoms with E-state index in [0.29, 0.717) is 11.6 Å². The van der Waals surface area contributed by atoms with E-state index in [4.69, 9.17) is 5.73 Å². The van der Waals surface area contributed by atoms with Gasteiger partial charge >= 0.3 is 0 Å². The summed E-state index contributed by atoms with van der Waals surface area (Å²) in [4.78, 5) is 20.1. The van der Waals surface area contributed by atoms with Crippen LogP contribution in [0.25, 0.3) is 5.78 Å². The highest BCUT2D eigenvalue weighted by Crippen LogP contribution is 2.20. The van der Waals surface area contributed by atoms with Gasteiger partial charge in [0.25, 0.3) is 5.78 Å². The molecule has 0 saturated heterocycles. The topological polar surface area (TPSA) is 98.2 Å². The van der Waals surface area contributed by atoms with Gasteiger partial charge in [-0.25, -0.2) is 4.98 Å². The van der Waals surface area contributed by atoms with Gasteiger partial charge in [-0.15, -0.1) is 0 Å². The van der Waals surface area contributed by atoms with Gasteiger partial charge in [0.05, 0.1) is 0 Å². The smallest absolute Gasteiger partial charge is 0.254 e. The second-order valence-electron chi connectivity index (χ2n) is 4.65. The quantitative estimate of drug-likeness (QED) is 0.746. The summed E-state index contributed by atoms with van der Waals surface area (Å²) in [6, 6.07) is 10.4. The zero-order valence-corrected chi connectivity index (χ0v) is 11.4. The predicted molar refractivity (Wildman–Crippen MR) is 77.5 cm³/mol. The maximum Gasteiger partial charge on any atom is 0.254 e. The van der Waals surface area contributed by atoms with Gasteiger partial charge in [-0.3, -0.25) is 4.79 Å². The summed E-state index contributed by atoms with van der Waals surface area (Å²) < 4.78 is 1.53. The van der Waals surface area contributed by atoms with Crippen LogP contribution in [0.4, 0.5) is 5.82 Å². The van der Waals surface area contributed by atoms with Crippen molar-refractivity contribution in [1.29, 1.82) is 0 Å². The molecular weight excluding hydrogens is 268 g/mol. The van der Waals surface area contributed by atoms with Crippen LogP contribution in [-0.4, -0.2) is 25.5 Å². The van der Waals surface area contributed by atoms with Gasteiger partial charge in [0.1, 0.15) is 18.2 Å². The van der Waals surface area contributed by atoms with Gasteiger partial charge in [0.15, 0.2) is 0 Å². The van der Waals surface area contributed by atoms with E-state index in [9.17, 15) is 4.79 Å². The van der Waals surface area contributed by atoms with Gasteiger partial charge < -0.3 is 11.1 Å². The zero-order chi connectivity index (χ0) is 14.8. The number of aryl methyl sites for hydroxylation is 1. The number of nitrogens with one attached hydrogen (secondary N) is 1. The molecule has 0 aliphatic rings. The molecule has 2 heterocycles. The third-order valence-electron chi connectivity index (χ3n) is 3.09. The largest absolute Gasteiger partial charge is 0.368 e. The van der Waals surface area contributed by atoms with E-state index in [2.05, 4.69) is 20.4 Å². The van der Waals surface area contributed by atoms with Crippen LogP contribution < -0.4 is 11.1 Å². The molecule has 7 nitrogen and oxygen atoms in total. The molecule has 0 aliphatic heterocycles. The van der Waals surface area contributed by atoms with Crippen molar-refractivity contribution in [3.05, 3.63) is 54.0 Å². The standard InChI is InChI=1S/C14H14N6O/c1-9-7-11(20-14(18-9)16-8-17-20)19-12(13(15)21)10-5-3-2-4-6-10/h2-8,12,19H,1H3,(H2,15,21)/t12-/m0/s1. The molecule has 7 heteroatoms. The summed E-state index contributed by atoms with van der Waals surface area (Å²) in [6.07, 6.45) is 1.41. The first-order valence-electron chi connectivity index (χ1n) is 6.43. The van der Waals surface area contributed by atoms with Crippen molar-refractivity contribution in [3.63, 3.8) is 0 Å². The van der Waals surface area contributed by atoms with E-state index in [1.807, 2.05) is 37.3 Å². The minimum Gasteiger partial charge on any atom is -0.368 e. The van der Waals surface area contributed by atoms with Crippen molar-refractivity contribution >= 4 is 17.5 Å². The Hall–Kier alpha value is -2.96. The molecule has 21 heavy (non-hydrogen) atoms. The minimum atomic E-state index is -0.652. The lowest BCUT2D eigenvalue weighted by Crippen LogP contribution is -2.28. The van der Waals surface area contributed by atoms with E-state index in [0.717, 1.165) is 11.3 Å². The molecular formula is C14H14N6O. The first-order chi connectivity index (χ1) is 10.1. The van der Waals surface area contributed by atoms with Crippen molar-refractivity contribution in [3.8, 4) is 0 Å². The van der Waals surface area contributed by atoms with Crippen LogP contribution in [0.3, 0.4) is 0 Å². The Balaban J connectivity index is 2.02. The van der Waals surface area contributed by atoms with E-state index < -0.39 is 11.9 Å². The van der Waals surface area contributed by atoms with Gasteiger partial charge in [-0.05, 0) is 12.5 Å². The maximum atomic E-state index is 11.8. The highest BCUT2D eigenvalue weighted by molar-refractivity contribution is 5.84. The lowest BCUT2D eigenvalue weighted by Gasteiger charge is -2.17. The minimum absolute atomic E-state index is 0.466. The normalized spacial score (nSPS) is 12.2. The molecule has 0 fully saturated rings. The molecule has 0 spiro atoms. The van der Waals surface area contributed by atoms with Crippen LogP contribution in [0.2, 0.25) is 0 Å². The number of rotatable bonds is 4. The molecule has 0 radical (unpaired) electrons. The average molecular weight is 282 g/mol. The van der Waals surface area contributed by atoms with Crippen LogP contribution in [0, 0.1) is 6.92 Å². The van der Waals surface area contributed by atoms with Crippen molar-refractivity contribution < 1.29 is 4.79 Å². The summed E-state index contributed by atoms with van der Waals surface area (Å²) in [5.74, 6) is 0.611. The fourth-order valence-electron chi connectivity index (χ4n) is 2.15. The monoisotopic (exact) mass is 282 g/mol. The number of amides is 1. The fourth-order valence-corrected chi connectivity index (χ4v) is 2.15. The van der Waals surface area contributed by atoms with E-state index in [1.165, 1.54) is 10.8 Å². The Labute approximate surface area is 120 Å². The summed E-state index contributed by atoms with van der Waals surface area (Å²) in [5, 5.41) is 7.20. The van der Waals surface area contributed by atoms with Crippen molar-refractivity contribution in [2.75, 3.05) is 5.32 Å². The van der Waals surface area contributed by atoms with E-state index in [-0.39, 0.29) is 0 Å². The number of benzene rings is 1. The molecule has 1 atom stereocenters. The first-order valence-corrected chi connectivity index (χ1v) is 6.43. The first kappa shape index (κ1) is 13.0. The van der Waals surface area contributed by atoms with Crippen LogP contribution in [0.1, 0.15) is 17.3 Å². The van der Waals surface area contributed by atoms with Gasteiger partial charge in [0, 0.05) is 11.8 Å². The highest BCUT2D eigenvalue weighted by atomic mass is 16.1. The van der Waals surface area contributed by atoms with Gasteiger partial charge in [-0.2, -0.15) is 14.6 Å². The summed E-state index contributed by atoms with van der Waals surface area (Å²) in [7, 11) is 0. The number of nitrogens with zero attached hydrogens (tertiary/aromatic N) is 4. The van der Waals surface area contributed by atoms with E-state index in [1.54, 1.807) is 6.07 Å². The van der Waals surface area contributed by atoms with E-state index >= 15 is 0 Å². The number of aromatic nitrogens is 4. The van der Waals surface area contributed by atoms with Gasteiger partial charge in [0.2, 0.25) is 5.91 Å². The Morgan fingerprint density at radius 3 is 2.81 bits per heavy atom. The molecule has 3 N–H and O–H groups in total. The Kier molecular flexibility index (Phi) is 3.23. The number of hydrogen-bond donors (Lipinski definition) is 2. The number of fused-ring (bicyclic) bond motifs is 1. The molecule has 0 unspecified atom stereocenters. The molecule has 0 saturated carbocycles. The SMILES string of the molecule is Cc1cc(N[C@H](C(N)=O)c2ccccc2)n2ncnc2n1. The Morgan fingerprint density at radius 2 is 2.10 bits per heavy atom. The second kappa shape index (κ2) is 5.20. The Morgan fingerprint density at radius 1 is 1.33 bits per heavy atom. The number of carbonyl (C=O) groups is 1.